The van der Waals surface area contributed by atoms with E-state index in [1.807, 2.05) is 4.90 Å². The second-order valence-electron chi connectivity index (χ2n) is 9.25. The normalized spacial score (nSPS) is 18.3. The SMILES string of the molecule is CC(=O)C(N)CCC(=O)NC(CSSC1CCN(Cc2ccccc2F)C/C1=C/C(=O)O)C(=O)CCC(=O)O. The van der Waals surface area contributed by atoms with Crippen molar-refractivity contribution < 1.29 is 38.6 Å². The number of Topliss-reactive ketones (excluding diaryl/α,β-unsaturated/α-hetero) is 2. The second kappa shape index (κ2) is 16.4. The average Bonchev–Trinajstić information content (AvgIpc) is 2.87. The van der Waals surface area contributed by atoms with Crippen molar-refractivity contribution in [3.63, 3.8) is 0 Å². The van der Waals surface area contributed by atoms with E-state index in [4.69, 9.17) is 10.8 Å². The fourth-order valence-corrected chi connectivity index (χ4v) is 6.81. The molecule has 1 fully saturated rings. The van der Waals surface area contributed by atoms with Crippen molar-refractivity contribution in [1.82, 2.24) is 10.2 Å². The maximum absolute atomic E-state index is 14.1. The Kier molecular flexibility index (Phi) is 13.6. The number of likely N-dealkylation sites (tertiary alicyclic amines) is 1. The Morgan fingerprint density at radius 1 is 1.18 bits per heavy atom. The number of benzene rings is 1. The molecule has 1 aromatic carbocycles. The van der Waals surface area contributed by atoms with E-state index in [-0.39, 0.29) is 48.3 Å². The van der Waals surface area contributed by atoms with Crippen molar-refractivity contribution in [2.75, 3.05) is 18.8 Å². The minimum atomic E-state index is -1.13. The van der Waals surface area contributed by atoms with E-state index in [1.54, 1.807) is 18.2 Å². The molecule has 1 amide bonds. The van der Waals surface area contributed by atoms with E-state index >= 15 is 0 Å². The highest BCUT2D eigenvalue weighted by Crippen LogP contribution is 2.37. The van der Waals surface area contributed by atoms with Crippen LogP contribution in [0.3, 0.4) is 0 Å². The molecule has 1 aliphatic rings. The zero-order valence-electron chi connectivity index (χ0n) is 21.6. The van der Waals surface area contributed by atoms with Gasteiger partial charge in [-0.3, -0.25) is 24.1 Å². The van der Waals surface area contributed by atoms with Gasteiger partial charge in [-0.15, -0.1) is 0 Å². The number of carbonyl (C=O) groups is 5. The molecule has 39 heavy (non-hydrogen) atoms. The summed E-state index contributed by atoms with van der Waals surface area (Å²) in [6, 6.07) is 4.69. The Morgan fingerprint density at radius 3 is 2.54 bits per heavy atom. The second-order valence-corrected chi connectivity index (χ2v) is 11.9. The first kappa shape index (κ1) is 32.5. The highest BCUT2D eigenvalue weighted by atomic mass is 33.1. The van der Waals surface area contributed by atoms with E-state index in [0.29, 0.717) is 37.2 Å². The molecule has 2 rings (SSSR count). The number of amides is 1. The largest absolute Gasteiger partial charge is 0.481 e. The first-order chi connectivity index (χ1) is 18.5. The third kappa shape index (κ3) is 11.9. The third-order valence-corrected chi connectivity index (χ3v) is 9.01. The number of halogens is 1. The molecular weight excluding hydrogens is 549 g/mol. The summed E-state index contributed by atoms with van der Waals surface area (Å²) in [7, 11) is 2.66. The summed E-state index contributed by atoms with van der Waals surface area (Å²) in [5.74, 6) is -3.57. The predicted octanol–water partition coefficient (Wildman–Crippen LogP) is 2.41. The van der Waals surface area contributed by atoms with E-state index in [2.05, 4.69) is 5.32 Å². The number of nitrogens with zero attached hydrogens (tertiary/aromatic N) is 1. The fraction of sp³-hybridized carbons (Fsp3) is 0.500. The summed E-state index contributed by atoms with van der Waals surface area (Å²) in [6.07, 6.45) is 1.18. The van der Waals surface area contributed by atoms with Crippen LogP contribution in [0.5, 0.6) is 0 Å². The van der Waals surface area contributed by atoms with Crippen LogP contribution in [0.2, 0.25) is 0 Å². The van der Waals surface area contributed by atoms with Crippen molar-refractivity contribution in [3.05, 3.63) is 47.3 Å². The molecule has 0 aromatic heterocycles. The first-order valence-electron chi connectivity index (χ1n) is 12.4. The summed E-state index contributed by atoms with van der Waals surface area (Å²) in [4.78, 5) is 60.7. The van der Waals surface area contributed by atoms with Gasteiger partial charge in [-0.05, 0) is 31.4 Å². The highest BCUT2D eigenvalue weighted by Gasteiger charge is 2.28. The Morgan fingerprint density at radius 2 is 1.90 bits per heavy atom. The quantitative estimate of drug-likeness (QED) is 0.167. The molecule has 1 aromatic rings. The fourth-order valence-electron chi connectivity index (χ4n) is 3.90. The van der Waals surface area contributed by atoms with Crippen LogP contribution in [0, 0.1) is 5.82 Å². The van der Waals surface area contributed by atoms with Gasteiger partial charge in [0.25, 0.3) is 0 Å². The van der Waals surface area contributed by atoms with E-state index in [1.165, 1.54) is 34.6 Å². The summed E-state index contributed by atoms with van der Waals surface area (Å²) < 4.78 is 14.1. The number of carboxylic acid groups (broad SMARTS) is 2. The monoisotopic (exact) mass is 583 g/mol. The van der Waals surface area contributed by atoms with Crippen LogP contribution in [-0.2, 0) is 30.5 Å². The third-order valence-electron chi connectivity index (χ3n) is 6.12. The number of hydrogen-bond donors (Lipinski definition) is 4. The molecule has 10 nitrogen and oxygen atoms in total. The summed E-state index contributed by atoms with van der Waals surface area (Å²) in [5.41, 5.74) is 6.84. The number of carboxylic acids is 2. The van der Waals surface area contributed by atoms with Gasteiger partial charge in [0.2, 0.25) is 5.91 Å². The van der Waals surface area contributed by atoms with E-state index in [9.17, 15) is 33.5 Å². The number of aliphatic carboxylic acids is 2. The van der Waals surface area contributed by atoms with Crippen LogP contribution in [-0.4, -0.2) is 80.7 Å². The maximum atomic E-state index is 14.1. The Labute approximate surface area is 234 Å². The lowest BCUT2D eigenvalue weighted by Crippen LogP contribution is -2.43. The Hall–Kier alpha value is -2.74. The van der Waals surface area contributed by atoms with Gasteiger partial charge in [-0.2, -0.15) is 0 Å². The zero-order chi connectivity index (χ0) is 28.9. The van der Waals surface area contributed by atoms with Gasteiger partial charge in [-0.1, -0.05) is 39.8 Å². The predicted molar refractivity (Wildman–Crippen MR) is 148 cm³/mol. The van der Waals surface area contributed by atoms with Gasteiger partial charge in [0.15, 0.2) is 5.78 Å². The minimum Gasteiger partial charge on any atom is -0.481 e. The van der Waals surface area contributed by atoms with Crippen LogP contribution in [0.25, 0.3) is 0 Å². The molecule has 0 bridgehead atoms. The molecule has 214 valence electrons. The van der Waals surface area contributed by atoms with E-state index in [0.717, 1.165) is 6.08 Å². The van der Waals surface area contributed by atoms with Crippen LogP contribution in [0.15, 0.2) is 35.9 Å². The molecule has 3 unspecified atom stereocenters. The molecule has 0 aliphatic carbocycles. The lowest BCUT2D eigenvalue weighted by Gasteiger charge is -2.34. The molecular formula is C26H34FN3O7S2. The van der Waals surface area contributed by atoms with Gasteiger partial charge in [-0.25, -0.2) is 9.18 Å². The van der Waals surface area contributed by atoms with Crippen molar-refractivity contribution in [2.24, 2.45) is 5.73 Å². The van der Waals surface area contributed by atoms with Crippen LogP contribution in [0.1, 0.15) is 44.6 Å². The molecule has 1 aliphatic heterocycles. The summed E-state index contributed by atoms with van der Waals surface area (Å²) in [6.45, 7) is 2.62. The van der Waals surface area contributed by atoms with Crippen molar-refractivity contribution in [3.8, 4) is 0 Å². The zero-order valence-corrected chi connectivity index (χ0v) is 23.3. The van der Waals surface area contributed by atoms with Gasteiger partial charge in [0, 0.05) is 55.1 Å². The average molecular weight is 584 g/mol. The molecule has 0 radical (unpaired) electrons. The molecule has 5 N–H and O–H groups in total. The number of hydrogen-bond acceptors (Lipinski definition) is 9. The number of nitrogens with two attached hydrogens (primary N) is 1. The number of nitrogens with one attached hydrogen (secondary N) is 1. The molecule has 0 spiro atoms. The molecule has 0 saturated carbocycles. The summed E-state index contributed by atoms with van der Waals surface area (Å²) in [5, 5.41) is 20.7. The number of carbonyl (C=O) groups excluding carboxylic acids is 3. The maximum Gasteiger partial charge on any atom is 0.328 e. The number of rotatable bonds is 16. The molecule has 1 saturated heterocycles. The lowest BCUT2D eigenvalue weighted by molar-refractivity contribution is -0.138. The molecule has 1 heterocycles. The van der Waals surface area contributed by atoms with Crippen LogP contribution in [0.4, 0.5) is 4.39 Å². The van der Waals surface area contributed by atoms with Gasteiger partial charge >= 0.3 is 11.9 Å². The van der Waals surface area contributed by atoms with Crippen molar-refractivity contribution in [2.45, 2.75) is 62.9 Å². The van der Waals surface area contributed by atoms with Crippen molar-refractivity contribution >= 4 is 51.0 Å². The molecule has 13 heteroatoms. The number of ketones is 2. The molecule has 3 atom stereocenters. The topological polar surface area (TPSA) is 167 Å². The Bertz CT molecular complexity index is 1090. The van der Waals surface area contributed by atoms with Gasteiger partial charge in [0.1, 0.15) is 11.6 Å². The minimum absolute atomic E-state index is 0.0623. The standard InChI is InChI=1S/C26H34FN3O7S2/c1-16(31)20(28)6-8-24(33)29-21(22(32)7-9-25(34)35)15-38-39-23-10-11-30(14-18(23)12-26(36)37)13-17-4-2-3-5-19(17)27/h2-5,12,20-21,23H,6-11,13-15,28H2,1H3,(H,29,33)(H,34,35)(H,36,37)/b18-12-. The van der Waals surface area contributed by atoms with Gasteiger partial charge < -0.3 is 21.3 Å². The Balaban J connectivity index is 1.99. The van der Waals surface area contributed by atoms with E-state index < -0.39 is 35.7 Å². The summed E-state index contributed by atoms with van der Waals surface area (Å²) >= 11 is 0. The highest BCUT2D eigenvalue weighted by molar-refractivity contribution is 8.77. The smallest absolute Gasteiger partial charge is 0.328 e. The lowest BCUT2D eigenvalue weighted by atomic mass is 10.0. The number of piperidine rings is 1. The van der Waals surface area contributed by atoms with Crippen molar-refractivity contribution in [1.29, 1.82) is 0 Å². The van der Waals surface area contributed by atoms with Crippen LogP contribution < -0.4 is 11.1 Å². The first-order valence-corrected chi connectivity index (χ1v) is 14.8. The van der Waals surface area contributed by atoms with Crippen LogP contribution >= 0.6 is 21.6 Å². The van der Waals surface area contributed by atoms with Gasteiger partial charge in [0.05, 0.1) is 18.5 Å².